The Morgan fingerprint density at radius 1 is 1.08 bits per heavy atom. The highest BCUT2D eigenvalue weighted by molar-refractivity contribution is 5.32. The first kappa shape index (κ1) is 9.57. The predicted octanol–water partition coefficient (Wildman–Crippen LogP) is 4.09. The Labute approximate surface area is 76.4 Å². The van der Waals surface area contributed by atoms with Crippen molar-refractivity contribution in [2.24, 2.45) is 5.92 Å². The van der Waals surface area contributed by atoms with Crippen LogP contribution in [0.1, 0.15) is 46.5 Å². The molecule has 1 rings (SSSR count). The van der Waals surface area contributed by atoms with Crippen molar-refractivity contribution in [3.05, 3.63) is 23.3 Å². The normalized spacial score (nSPS) is 25.7. The minimum Gasteiger partial charge on any atom is -0.0842 e. The first-order chi connectivity index (χ1) is 5.74. The van der Waals surface area contributed by atoms with Crippen LogP contribution in [0.3, 0.4) is 0 Å². The summed E-state index contributed by atoms with van der Waals surface area (Å²) in [4.78, 5) is 0. The average molecular weight is 164 g/mol. The lowest BCUT2D eigenvalue weighted by molar-refractivity contribution is 0.667. The topological polar surface area (TPSA) is 0 Å². The fourth-order valence-electron chi connectivity index (χ4n) is 1.87. The molecule has 12 heavy (non-hydrogen) atoms. The maximum absolute atomic E-state index is 2.43. The summed E-state index contributed by atoms with van der Waals surface area (Å²) in [7, 11) is 0. The van der Waals surface area contributed by atoms with Crippen molar-refractivity contribution in [2.75, 3.05) is 0 Å². The predicted molar refractivity (Wildman–Crippen MR) is 55.1 cm³/mol. The number of allylic oxidation sites excluding steroid dienone is 4. The smallest absolute Gasteiger partial charge is 0.0279 e. The molecule has 0 N–H and O–H groups in total. The van der Waals surface area contributed by atoms with E-state index in [4.69, 9.17) is 0 Å². The molecule has 1 aliphatic carbocycles. The van der Waals surface area contributed by atoms with E-state index in [1.165, 1.54) is 25.7 Å². The molecule has 0 heteroatoms. The average Bonchev–Trinajstić information content (AvgIpc) is 2.04. The van der Waals surface area contributed by atoms with Crippen molar-refractivity contribution < 1.29 is 0 Å². The molecule has 0 unspecified atom stereocenters. The fraction of sp³-hybridized carbons (Fsp3) is 0.667. The van der Waals surface area contributed by atoms with Gasteiger partial charge in [0.15, 0.2) is 0 Å². The summed E-state index contributed by atoms with van der Waals surface area (Å²) in [6.07, 6.45) is 10.1. The summed E-state index contributed by atoms with van der Waals surface area (Å²) in [5, 5.41) is 0. The van der Waals surface area contributed by atoms with E-state index < -0.39 is 0 Å². The highest BCUT2D eigenvalue weighted by atomic mass is 14.2. The second kappa shape index (κ2) is 4.49. The monoisotopic (exact) mass is 164 g/mol. The number of rotatable bonds is 1. The second-order valence-corrected chi connectivity index (χ2v) is 3.96. The van der Waals surface area contributed by atoms with Crippen LogP contribution in [-0.2, 0) is 0 Å². The van der Waals surface area contributed by atoms with Crippen molar-refractivity contribution in [3.63, 3.8) is 0 Å². The highest BCUT2D eigenvalue weighted by Gasteiger charge is 2.10. The van der Waals surface area contributed by atoms with E-state index in [2.05, 4.69) is 32.9 Å². The zero-order chi connectivity index (χ0) is 8.97. The van der Waals surface area contributed by atoms with Gasteiger partial charge in [0.2, 0.25) is 0 Å². The molecule has 1 saturated carbocycles. The van der Waals surface area contributed by atoms with Crippen molar-refractivity contribution in [1.29, 1.82) is 0 Å². The van der Waals surface area contributed by atoms with Crippen LogP contribution in [0.4, 0.5) is 0 Å². The van der Waals surface area contributed by atoms with E-state index in [1.807, 2.05) is 0 Å². The van der Waals surface area contributed by atoms with Crippen molar-refractivity contribution >= 4 is 0 Å². The van der Waals surface area contributed by atoms with Gasteiger partial charge in [-0.3, -0.25) is 0 Å². The zero-order valence-electron chi connectivity index (χ0n) is 8.56. The van der Waals surface area contributed by atoms with Crippen LogP contribution < -0.4 is 0 Å². The van der Waals surface area contributed by atoms with E-state index in [0.717, 1.165) is 0 Å². The summed E-state index contributed by atoms with van der Waals surface area (Å²) in [5.41, 5.74) is 3.20. The van der Waals surface area contributed by atoms with E-state index in [0.29, 0.717) is 5.92 Å². The van der Waals surface area contributed by atoms with Crippen LogP contribution in [0.15, 0.2) is 23.3 Å². The summed E-state index contributed by atoms with van der Waals surface area (Å²) in [6.45, 7) is 6.68. The van der Waals surface area contributed by atoms with Crippen LogP contribution >= 0.6 is 0 Å². The molecule has 0 aliphatic heterocycles. The standard InChI is InChI=1S/C12H20/c1-4-11-7-5-6-8-12(11)9-10(2)3/h4,9-10H,5-8H2,1-3H3/b11-4+,12-9+. The summed E-state index contributed by atoms with van der Waals surface area (Å²) < 4.78 is 0. The minimum absolute atomic E-state index is 0.702. The SMILES string of the molecule is C/C=C1\CCCC\C1=C/C(C)C. The van der Waals surface area contributed by atoms with Gasteiger partial charge in [-0.25, -0.2) is 0 Å². The van der Waals surface area contributed by atoms with Gasteiger partial charge in [0.05, 0.1) is 0 Å². The zero-order valence-corrected chi connectivity index (χ0v) is 8.56. The molecule has 1 fully saturated rings. The van der Waals surface area contributed by atoms with Crippen LogP contribution in [0.2, 0.25) is 0 Å². The van der Waals surface area contributed by atoms with E-state index in [1.54, 1.807) is 11.1 Å². The quantitative estimate of drug-likeness (QED) is 0.547. The molecule has 0 atom stereocenters. The first-order valence-corrected chi connectivity index (χ1v) is 5.10. The molecule has 0 heterocycles. The maximum Gasteiger partial charge on any atom is -0.0279 e. The van der Waals surface area contributed by atoms with E-state index in [-0.39, 0.29) is 0 Å². The van der Waals surface area contributed by atoms with Gasteiger partial charge in [-0.2, -0.15) is 0 Å². The van der Waals surface area contributed by atoms with Crippen LogP contribution in [0.25, 0.3) is 0 Å². The molecule has 0 amide bonds. The molecule has 0 bridgehead atoms. The lowest BCUT2D eigenvalue weighted by atomic mass is 9.88. The third kappa shape index (κ3) is 2.51. The second-order valence-electron chi connectivity index (χ2n) is 3.96. The van der Waals surface area contributed by atoms with Crippen molar-refractivity contribution in [2.45, 2.75) is 46.5 Å². The van der Waals surface area contributed by atoms with Gasteiger partial charge in [0.1, 0.15) is 0 Å². The summed E-state index contributed by atoms with van der Waals surface area (Å²) in [5.74, 6) is 0.702. The lowest BCUT2D eigenvalue weighted by Gasteiger charge is -2.18. The van der Waals surface area contributed by atoms with Crippen molar-refractivity contribution in [3.8, 4) is 0 Å². The molecule has 0 aromatic carbocycles. The van der Waals surface area contributed by atoms with Crippen molar-refractivity contribution in [1.82, 2.24) is 0 Å². The largest absolute Gasteiger partial charge is 0.0842 e. The number of hydrogen-bond donors (Lipinski definition) is 0. The Bertz CT molecular complexity index is 194. The van der Waals surface area contributed by atoms with Gasteiger partial charge < -0.3 is 0 Å². The first-order valence-electron chi connectivity index (χ1n) is 5.10. The summed E-state index contributed by atoms with van der Waals surface area (Å²) in [6, 6.07) is 0. The van der Waals surface area contributed by atoms with Gasteiger partial charge in [-0.05, 0) is 49.7 Å². The van der Waals surface area contributed by atoms with Gasteiger partial charge in [0, 0.05) is 0 Å². The molecule has 0 saturated heterocycles. The molecule has 0 nitrogen and oxygen atoms in total. The fourth-order valence-corrected chi connectivity index (χ4v) is 1.87. The highest BCUT2D eigenvalue weighted by Crippen LogP contribution is 2.29. The van der Waals surface area contributed by atoms with Gasteiger partial charge in [-0.15, -0.1) is 0 Å². The minimum atomic E-state index is 0.702. The van der Waals surface area contributed by atoms with Crippen LogP contribution in [0, 0.1) is 5.92 Å². The molecule has 0 spiro atoms. The molecule has 1 aliphatic rings. The molecular formula is C12H20. The third-order valence-corrected chi connectivity index (χ3v) is 2.44. The molecular weight excluding hydrogens is 144 g/mol. The molecule has 0 aromatic rings. The van der Waals surface area contributed by atoms with E-state index >= 15 is 0 Å². The summed E-state index contributed by atoms with van der Waals surface area (Å²) >= 11 is 0. The molecule has 0 radical (unpaired) electrons. The van der Waals surface area contributed by atoms with Gasteiger partial charge in [0.25, 0.3) is 0 Å². The maximum atomic E-state index is 2.43. The lowest BCUT2D eigenvalue weighted by Crippen LogP contribution is -1.99. The Morgan fingerprint density at radius 3 is 2.17 bits per heavy atom. The molecule has 0 aromatic heterocycles. The Balaban J connectivity index is 2.72. The molecule has 68 valence electrons. The Morgan fingerprint density at radius 2 is 1.67 bits per heavy atom. The van der Waals surface area contributed by atoms with E-state index in [9.17, 15) is 0 Å². The Hall–Kier alpha value is -0.520. The van der Waals surface area contributed by atoms with Crippen LogP contribution in [0.5, 0.6) is 0 Å². The number of hydrogen-bond acceptors (Lipinski definition) is 0. The van der Waals surface area contributed by atoms with Crippen LogP contribution in [-0.4, -0.2) is 0 Å². The van der Waals surface area contributed by atoms with Gasteiger partial charge >= 0.3 is 0 Å². The Kier molecular flexibility index (Phi) is 3.58. The van der Waals surface area contributed by atoms with Gasteiger partial charge in [-0.1, -0.05) is 26.0 Å². The third-order valence-electron chi connectivity index (χ3n) is 2.44.